The third-order valence-corrected chi connectivity index (χ3v) is 2.98. The molecule has 0 aliphatic rings. The van der Waals surface area contributed by atoms with Gasteiger partial charge in [0, 0.05) is 23.2 Å². The highest BCUT2D eigenvalue weighted by atomic mass is 35.5. The average molecular weight is 245 g/mol. The van der Waals surface area contributed by atoms with E-state index in [1.165, 1.54) is 0 Å². The Morgan fingerprint density at radius 1 is 1.47 bits per heavy atom. The normalized spacial score (nSPS) is 12.3. The second-order valence-corrected chi connectivity index (χ2v) is 4.28. The molecule has 2 rings (SSSR count). The first kappa shape index (κ1) is 11.9. The summed E-state index contributed by atoms with van der Waals surface area (Å²) in [5.41, 5.74) is 2.03. The third kappa shape index (κ3) is 2.58. The van der Waals surface area contributed by atoms with Crippen molar-refractivity contribution in [1.82, 2.24) is 10.3 Å². The molecular formula is C14H13ClN2. The molecule has 0 fully saturated rings. The van der Waals surface area contributed by atoms with Gasteiger partial charge in [0.1, 0.15) is 0 Å². The lowest BCUT2D eigenvalue weighted by Crippen LogP contribution is -2.23. The highest BCUT2D eigenvalue weighted by molar-refractivity contribution is 6.35. The van der Waals surface area contributed by atoms with Crippen LogP contribution in [0.15, 0.2) is 30.5 Å². The molecule has 1 unspecified atom stereocenters. The quantitative estimate of drug-likeness (QED) is 0.840. The van der Waals surface area contributed by atoms with E-state index in [9.17, 15) is 0 Å². The van der Waals surface area contributed by atoms with Crippen LogP contribution >= 0.6 is 11.6 Å². The predicted octanol–water partition coefficient (Wildman–Crippen LogP) is 3.00. The molecule has 3 heteroatoms. The first-order valence-electron chi connectivity index (χ1n) is 5.44. The first-order chi connectivity index (χ1) is 8.22. The molecule has 1 aromatic heterocycles. The van der Waals surface area contributed by atoms with Crippen LogP contribution in [0.2, 0.25) is 5.02 Å². The molecule has 1 aromatic carbocycles. The van der Waals surface area contributed by atoms with Crippen LogP contribution in [-0.4, -0.2) is 11.0 Å². The van der Waals surface area contributed by atoms with Crippen LogP contribution < -0.4 is 5.32 Å². The second-order valence-electron chi connectivity index (χ2n) is 3.88. The van der Waals surface area contributed by atoms with Gasteiger partial charge in [-0.1, -0.05) is 23.6 Å². The fraction of sp³-hybridized carbons (Fsp3) is 0.214. The van der Waals surface area contributed by atoms with E-state index < -0.39 is 0 Å². The van der Waals surface area contributed by atoms with Gasteiger partial charge in [0.2, 0.25) is 0 Å². The predicted molar refractivity (Wildman–Crippen MR) is 71.9 cm³/mol. The van der Waals surface area contributed by atoms with Crippen molar-refractivity contribution in [3.8, 4) is 12.3 Å². The van der Waals surface area contributed by atoms with Crippen molar-refractivity contribution in [2.45, 2.75) is 19.5 Å². The van der Waals surface area contributed by atoms with Crippen molar-refractivity contribution in [3.63, 3.8) is 0 Å². The number of nitrogens with one attached hydrogen (secondary N) is 1. The minimum atomic E-state index is 0.0458. The summed E-state index contributed by atoms with van der Waals surface area (Å²) in [5, 5.41) is 4.94. The summed E-state index contributed by atoms with van der Waals surface area (Å²) in [4.78, 5) is 4.37. The molecule has 0 aliphatic heterocycles. The number of aromatic nitrogens is 1. The molecule has 2 nitrogen and oxygen atoms in total. The number of fused-ring (bicyclic) bond motifs is 1. The van der Waals surface area contributed by atoms with E-state index in [2.05, 4.69) is 16.2 Å². The maximum absolute atomic E-state index is 6.13. The fourth-order valence-electron chi connectivity index (χ4n) is 1.66. The second kappa shape index (κ2) is 5.18. The average Bonchev–Trinajstić information content (AvgIpc) is 2.38. The van der Waals surface area contributed by atoms with Crippen LogP contribution in [0.3, 0.4) is 0 Å². The fourth-order valence-corrected chi connectivity index (χ4v) is 1.88. The van der Waals surface area contributed by atoms with Crippen LogP contribution in [0.4, 0.5) is 0 Å². The summed E-state index contributed by atoms with van der Waals surface area (Å²) in [6.07, 6.45) is 7.09. The summed E-state index contributed by atoms with van der Waals surface area (Å²) >= 11 is 6.13. The van der Waals surface area contributed by atoms with Gasteiger partial charge in [-0.2, -0.15) is 0 Å². The molecular weight excluding hydrogens is 232 g/mol. The zero-order valence-electron chi connectivity index (χ0n) is 9.57. The molecule has 0 amide bonds. The number of pyridine rings is 1. The number of terminal acetylenes is 1. The van der Waals surface area contributed by atoms with Crippen molar-refractivity contribution in [1.29, 1.82) is 0 Å². The number of benzene rings is 1. The van der Waals surface area contributed by atoms with Crippen LogP contribution in [0.25, 0.3) is 10.9 Å². The van der Waals surface area contributed by atoms with Crippen LogP contribution in [0.1, 0.15) is 12.5 Å². The van der Waals surface area contributed by atoms with E-state index in [4.69, 9.17) is 18.0 Å². The standard InChI is InChI=1S/C14H13ClN2/c1-3-10(2)17-9-11-6-7-13(15)12-5-4-8-16-14(11)12/h1,4-8,10,17H,9H2,2H3. The van der Waals surface area contributed by atoms with E-state index >= 15 is 0 Å². The number of halogens is 1. The van der Waals surface area contributed by atoms with Gasteiger partial charge in [0.25, 0.3) is 0 Å². The molecule has 0 bridgehead atoms. The Morgan fingerprint density at radius 3 is 3.06 bits per heavy atom. The molecule has 0 aliphatic carbocycles. The zero-order valence-corrected chi connectivity index (χ0v) is 10.3. The van der Waals surface area contributed by atoms with Crippen molar-refractivity contribution in [3.05, 3.63) is 41.0 Å². The van der Waals surface area contributed by atoms with E-state index in [-0.39, 0.29) is 6.04 Å². The first-order valence-corrected chi connectivity index (χ1v) is 5.82. The number of nitrogens with zero attached hydrogens (tertiary/aromatic N) is 1. The lowest BCUT2D eigenvalue weighted by atomic mass is 10.1. The van der Waals surface area contributed by atoms with E-state index in [1.54, 1.807) is 6.20 Å². The lowest BCUT2D eigenvalue weighted by Gasteiger charge is -2.10. The lowest BCUT2D eigenvalue weighted by molar-refractivity contribution is 0.650. The SMILES string of the molecule is C#CC(C)NCc1ccc(Cl)c2cccnc12. The number of hydrogen-bond donors (Lipinski definition) is 1. The molecule has 2 aromatic rings. The Kier molecular flexibility index (Phi) is 3.63. The molecule has 17 heavy (non-hydrogen) atoms. The summed E-state index contributed by atoms with van der Waals surface area (Å²) in [6.45, 7) is 2.64. The Hall–Kier alpha value is -1.56. The smallest absolute Gasteiger partial charge is 0.0761 e. The highest BCUT2D eigenvalue weighted by Gasteiger charge is 2.06. The largest absolute Gasteiger partial charge is 0.300 e. The highest BCUT2D eigenvalue weighted by Crippen LogP contribution is 2.24. The Balaban J connectivity index is 2.36. The number of rotatable bonds is 3. The van der Waals surface area contributed by atoms with E-state index in [0.717, 1.165) is 21.5 Å². The minimum Gasteiger partial charge on any atom is -0.300 e. The molecule has 0 saturated heterocycles. The Morgan fingerprint density at radius 2 is 2.29 bits per heavy atom. The van der Waals surface area contributed by atoms with Crippen LogP contribution in [0.5, 0.6) is 0 Å². The van der Waals surface area contributed by atoms with Crippen molar-refractivity contribution in [2.75, 3.05) is 0 Å². The minimum absolute atomic E-state index is 0.0458. The summed E-state index contributed by atoms with van der Waals surface area (Å²) in [5.74, 6) is 2.64. The molecule has 1 atom stereocenters. The molecule has 1 N–H and O–H groups in total. The van der Waals surface area contributed by atoms with Crippen molar-refractivity contribution in [2.24, 2.45) is 0 Å². The summed E-state index contributed by atoms with van der Waals surface area (Å²) in [7, 11) is 0. The van der Waals surface area contributed by atoms with Gasteiger partial charge in [-0.15, -0.1) is 6.42 Å². The molecule has 0 saturated carbocycles. The van der Waals surface area contributed by atoms with Crippen LogP contribution in [0, 0.1) is 12.3 Å². The van der Waals surface area contributed by atoms with Gasteiger partial charge in [-0.25, -0.2) is 0 Å². The summed E-state index contributed by atoms with van der Waals surface area (Å²) < 4.78 is 0. The van der Waals surface area contributed by atoms with Gasteiger partial charge in [0.05, 0.1) is 11.6 Å². The van der Waals surface area contributed by atoms with Gasteiger partial charge < -0.3 is 0 Å². The van der Waals surface area contributed by atoms with Crippen LogP contribution in [-0.2, 0) is 6.54 Å². The molecule has 0 spiro atoms. The topological polar surface area (TPSA) is 24.9 Å². The maximum Gasteiger partial charge on any atom is 0.0761 e. The molecule has 1 heterocycles. The van der Waals surface area contributed by atoms with Gasteiger partial charge >= 0.3 is 0 Å². The van der Waals surface area contributed by atoms with Gasteiger partial charge in [-0.3, -0.25) is 10.3 Å². The van der Waals surface area contributed by atoms with E-state index in [1.807, 2.05) is 31.2 Å². The molecule has 86 valence electrons. The third-order valence-electron chi connectivity index (χ3n) is 2.65. The monoisotopic (exact) mass is 244 g/mol. The van der Waals surface area contributed by atoms with Gasteiger partial charge in [0.15, 0.2) is 0 Å². The number of hydrogen-bond acceptors (Lipinski definition) is 2. The molecule has 0 radical (unpaired) electrons. The van der Waals surface area contributed by atoms with Gasteiger partial charge in [-0.05, 0) is 30.7 Å². The Labute approximate surface area is 106 Å². The zero-order chi connectivity index (χ0) is 12.3. The summed E-state index contributed by atoms with van der Waals surface area (Å²) in [6, 6.07) is 7.77. The van der Waals surface area contributed by atoms with Crippen molar-refractivity contribution < 1.29 is 0 Å². The maximum atomic E-state index is 6.13. The van der Waals surface area contributed by atoms with Crippen molar-refractivity contribution >= 4 is 22.5 Å². The van der Waals surface area contributed by atoms with E-state index in [0.29, 0.717) is 6.54 Å². The Bertz CT molecular complexity index is 572.